The van der Waals surface area contributed by atoms with E-state index < -0.39 is 0 Å². The topological polar surface area (TPSA) is 19.4 Å². The van der Waals surface area contributed by atoms with Crippen molar-refractivity contribution in [1.82, 2.24) is 14.8 Å². The molecule has 4 heterocycles. The van der Waals surface area contributed by atoms with Crippen LogP contribution in [0.3, 0.4) is 0 Å². The molecule has 0 spiro atoms. The van der Waals surface area contributed by atoms with Crippen molar-refractivity contribution in [2.45, 2.75) is 31.6 Å². The standard InChI is InChI=1S/C18H19BrFN3/c19-16-5-2-1-4-13(16)9-23-14-8-15(23)11-22(10-14)12-18-17(20)6-3-7-21-18/h1-7,14-15H,8-12H2. The van der Waals surface area contributed by atoms with Crippen LogP contribution in [0.25, 0.3) is 0 Å². The van der Waals surface area contributed by atoms with Crippen LogP contribution in [0.2, 0.25) is 0 Å². The van der Waals surface area contributed by atoms with Gasteiger partial charge in [-0.3, -0.25) is 14.8 Å². The van der Waals surface area contributed by atoms with Crippen LogP contribution in [0, 0.1) is 5.82 Å². The minimum atomic E-state index is -0.197. The van der Waals surface area contributed by atoms with Gasteiger partial charge in [-0.15, -0.1) is 0 Å². The van der Waals surface area contributed by atoms with Crippen molar-refractivity contribution in [1.29, 1.82) is 0 Å². The van der Waals surface area contributed by atoms with E-state index >= 15 is 0 Å². The molecule has 5 heteroatoms. The van der Waals surface area contributed by atoms with Crippen LogP contribution in [0.5, 0.6) is 0 Å². The molecule has 0 amide bonds. The minimum Gasteiger partial charge on any atom is -0.294 e. The van der Waals surface area contributed by atoms with E-state index in [1.807, 2.05) is 6.07 Å². The molecular weight excluding hydrogens is 357 g/mol. The van der Waals surface area contributed by atoms with Gasteiger partial charge in [-0.2, -0.15) is 0 Å². The Balaban J connectivity index is 1.39. The average molecular weight is 376 g/mol. The maximum Gasteiger partial charge on any atom is 0.146 e. The highest BCUT2D eigenvalue weighted by molar-refractivity contribution is 9.10. The highest BCUT2D eigenvalue weighted by Gasteiger charge is 2.44. The highest BCUT2D eigenvalue weighted by Crippen LogP contribution is 2.35. The number of fused-ring (bicyclic) bond motifs is 2. The Kier molecular flexibility index (Phi) is 4.18. The molecule has 0 saturated carbocycles. The van der Waals surface area contributed by atoms with E-state index in [-0.39, 0.29) is 5.82 Å². The second-order valence-corrected chi connectivity index (χ2v) is 7.29. The Labute approximate surface area is 144 Å². The lowest BCUT2D eigenvalue weighted by Gasteiger charge is -2.56. The Hall–Kier alpha value is -1.30. The molecule has 2 aromatic rings. The predicted octanol–water partition coefficient (Wildman–Crippen LogP) is 3.44. The Bertz CT molecular complexity index is 696. The SMILES string of the molecule is Fc1cccnc1CN1CC2CC(C1)N2Cc1ccccc1Br. The molecule has 1 aromatic carbocycles. The van der Waals surface area contributed by atoms with E-state index in [9.17, 15) is 4.39 Å². The molecule has 3 saturated heterocycles. The molecule has 3 fully saturated rings. The third kappa shape index (κ3) is 3.05. The molecule has 5 rings (SSSR count). The zero-order valence-corrected chi connectivity index (χ0v) is 14.4. The first-order chi connectivity index (χ1) is 11.2. The van der Waals surface area contributed by atoms with Gasteiger partial charge >= 0.3 is 0 Å². The van der Waals surface area contributed by atoms with Gasteiger partial charge in [-0.25, -0.2) is 4.39 Å². The fourth-order valence-electron chi connectivity index (χ4n) is 3.73. The van der Waals surface area contributed by atoms with Crippen LogP contribution in [0.1, 0.15) is 17.7 Å². The van der Waals surface area contributed by atoms with Crippen molar-refractivity contribution in [3.8, 4) is 0 Å². The quantitative estimate of drug-likeness (QED) is 0.815. The summed E-state index contributed by atoms with van der Waals surface area (Å²) in [5.74, 6) is -0.197. The smallest absolute Gasteiger partial charge is 0.146 e. The van der Waals surface area contributed by atoms with Gasteiger partial charge in [-0.1, -0.05) is 34.1 Å². The van der Waals surface area contributed by atoms with Gasteiger partial charge in [0.05, 0.1) is 5.69 Å². The van der Waals surface area contributed by atoms with Gasteiger partial charge in [0, 0.05) is 48.9 Å². The van der Waals surface area contributed by atoms with Crippen molar-refractivity contribution in [3.63, 3.8) is 0 Å². The average Bonchev–Trinajstić information content (AvgIpc) is 2.56. The summed E-state index contributed by atoms with van der Waals surface area (Å²) in [6.45, 7) is 3.60. The molecule has 3 nitrogen and oxygen atoms in total. The monoisotopic (exact) mass is 375 g/mol. The summed E-state index contributed by atoms with van der Waals surface area (Å²) < 4.78 is 14.9. The number of piperazine rings is 1. The molecule has 2 unspecified atom stereocenters. The van der Waals surface area contributed by atoms with Crippen LogP contribution in [-0.4, -0.2) is 40.0 Å². The van der Waals surface area contributed by atoms with Crippen LogP contribution in [0.4, 0.5) is 4.39 Å². The van der Waals surface area contributed by atoms with Crippen LogP contribution >= 0.6 is 15.9 Å². The van der Waals surface area contributed by atoms with Gasteiger partial charge in [0.2, 0.25) is 0 Å². The minimum absolute atomic E-state index is 0.197. The van der Waals surface area contributed by atoms with Crippen molar-refractivity contribution < 1.29 is 4.39 Å². The number of halogens is 2. The van der Waals surface area contributed by atoms with Crippen molar-refractivity contribution in [2.75, 3.05) is 13.1 Å². The summed E-state index contributed by atoms with van der Waals surface area (Å²) in [4.78, 5) is 9.08. The number of hydrogen-bond donors (Lipinski definition) is 0. The fraction of sp³-hybridized carbons (Fsp3) is 0.389. The third-order valence-electron chi connectivity index (χ3n) is 4.94. The molecule has 23 heavy (non-hydrogen) atoms. The summed E-state index contributed by atoms with van der Waals surface area (Å²) >= 11 is 3.63. The molecule has 3 aliphatic rings. The van der Waals surface area contributed by atoms with E-state index in [1.165, 1.54) is 22.5 Å². The van der Waals surface area contributed by atoms with E-state index in [0.717, 1.165) is 19.6 Å². The largest absolute Gasteiger partial charge is 0.294 e. The number of nitrogens with zero attached hydrogens (tertiary/aromatic N) is 3. The molecular formula is C18H19BrFN3. The van der Waals surface area contributed by atoms with Crippen LogP contribution < -0.4 is 0 Å². The molecule has 2 bridgehead atoms. The number of rotatable bonds is 4. The summed E-state index contributed by atoms with van der Waals surface area (Å²) in [6.07, 6.45) is 2.92. The number of benzene rings is 1. The molecule has 3 aliphatic heterocycles. The number of hydrogen-bond acceptors (Lipinski definition) is 3. The van der Waals surface area contributed by atoms with Gasteiger partial charge in [0.25, 0.3) is 0 Å². The lowest BCUT2D eigenvalue weighted by atomic mass is 9.86. The summed E-state index contributed by atoms with van der Waals surface area (Å²) in [5, 5.41) is 0. The zero-order chi connectivity index (χ0) is 15.8. The predicted molar refractivity (Wildman–Crippen MR) is 91.4 cm³/mol. The number of aromatic nitrogens is 1. The zero-order valence-electron chi connectivity index (χ0n) is 12.8. The molecule has 1 aromatic heterocycles. The van der Waals surface area contributed by atoms with Crippen LogP contribution in [0.15, 0.2) is 47.1 Å². The number of piperidine rings is 1. The second-order valence-electron chi connectivity index (χ2n) is 6.43. The molecule has 120 valence electrons. The lowest BCUT2D eigenvalue weighted by molar-refractivity contribution is -0.0780. The number of pyridine rings is 1. The van der Waals surface area contributed by atoms with Gasteiger partial charge < -0.3 is 0 Å². The summed E-state index contributed by atoms with van der Waals surface area (Å²) in [5.41, 5.74) is 1.90. The first-order valence-corrected chi connectivity index (χ1v) is 8.81. The maximum absolute atomic E-state index is 13.8. The van der Waals surface area contributed by atoms with Crippen LogP contribution in [-0.2, 0) is 13.1 Å². The second kappa shape index (κ2) is 6.30. The van der Waals surface area contributed by atoms with E-state index in [0.29, 0.717) is 24.3 Å². The van der Waals surface area contributed by atoms with E-state index in [4.69, 9.17) is 0 Å². The third-order valence-corrected chi connectivity index (χ3v) is 5.71. The Morgan fingerprint density at radius 1 is 1.09 bits per heavy atom. The Morgan fingerprint density at radius 3 is 2.61 bits per heavy atom. The molecule has 0 N–H and O–H groups in total. The summed E-state index contributed by atoms with van der Waals surface area (Å²) in [7, 11) is 0. The summed E-state index contributed by atoms with van der Waals surface area (Å²) in [6, 6.07) is 12.7. The first kappa shape index (κ1) is 15.2. The molecule has 0 aliphatic carbocycles. The van der Waals surface area contributed by atoms with E-state index in [2.05, 4.69) is 48.9 Å². The lowest BCUT2D eigenvalue weighted by Crippen LogP contribution is -2.67. The Morgan fingerprint density at radius 2 is 1.87 bits per heavy atom. The maximum atomic E-state index is 13.8. The molecule has 0 radical (unpaired) electrons. The first-order valence-electron chi connectivity index (χ1n) is 8.01. The van der Waals surface area contributed by atoms with Crippen molar-refractivity contribution in [2.24, 2.45) is 0 Å². The van der Waals surface area contributed by atoms with Gasteiger partial charge in [0.1, 0.15) is 5.82 Å². The van der Waals surface area contributed by atoms with Gasteiger partial charge in [-0.05, 0) is 30.2 Å². The molecule has 2 atom stereocenters. The normalized spacial score (nSPS) is 24.4. The highest BCUT2D eigenvalue weighted by atomic mass is 79.9. The van der Waals surface area contributed by atoms with Crippen molar-refractivity contribution >= 4 is 15.9 Å². The fourth-order valence-corrected chi connectivity index (χ4v) is 4.14. The van der Waals surface area contributed by atoms with Crippen molar-refractivity contribution in [3.05, 3.63) is 64.1 Å². The van der Waals surface area contributed by atoms with Gasteiger partial charge in [0.15, 0.2) is 0 Å². The van der Waals surface area contributed by atoms with E-state index in [1.54, 1.807) is 12.3 Å².